The molecule has 1 heterocycles. The van der Waals surface area contributed by atoms with Gasteiger partial charge in [-0.05, 0) is 56.0 Å². The molecule has 0 radical (unpaired) electrons. The van der Waals surface area contributed by atoms with Gasteiger partial charge in [0.05, 0.1) is 0 Å². The predicted octanol–water partition coefficient (Wildman–Crippen LogP) is 3.46. The van der Waals surface area contributed by atoms with Crippen molar-refractivity contribution in [3.63, 3.8) is 0 Å². The Hall–Kier alpha value is -0.340. The normalized spacial score (nSPS) is 17.9. The second kappa shape index (κ2) is 5.66. The fourth-order valence-electron chi connectivity index (χ4n) is 2.09. The van der Waals surface area contributed by atoms with Gasteiger partial charge in [-0.1, -0.05) is 13.0 Å². The minimum atomic E-state index is 0.784. The molecule has 1 atom stereocenters. The summed E-state index contributed by atoms with van der Waals surface area (Å²) in [5, 5.41) is 5.88. The Bertz CT molecular complexity index is 264. The molecule has 15 heavy (non-hydrogen) atoms. The topological polar surface area (TPSA) is 12.0 Å². The first kappa shape index (κ1) is 11.2. The Balaban J connectivity index is 1.74. The van der Waals surface area contributed by atoms with Gasteiger partial charge in [0.15, 0.2) is 0 Å². The highest BCUT2D eigenvalue weighted by Crippen LogP contribution is 2.34. The Morgan fingerprint density at radius 2 is 2.40 bits per heavy atom. The van der Waals surface area contributed by atoms with Crippen molar-refractivity contribution in [1.29, 1.82) is 0 Å². The summed E-state index contributed by atoms with van der Waals surface area (Å²) in [4.78, 5) is 1.54. The molecule has 0 bridgehead atoms. The van der Waals surface area contributed by atoms with Crippen LogP contribution in [0.15, 0.2) is 17.5 Å². The molecular formula is C13H21NS. The van der Waals surface area contributed by atoms with E-state index in [4.69, 9.17) is 0 Å². The summed E-state index contributed by atoms with van der Waals surface area (Å²) in [5.74, 6) is 0.983. The number of hydrogen-bond acceptors (Lipinski definition) is 2. The van der Waals surface area contributed by atoms with Crippen LogP contribution < -0.4 is 5.32 Å². The van der Waals surface area contributed by atoms with E-state index < -0.39 is 0 Å². The van der Waals surface area contributed by atoms with Crippen LogP contribution in [0.25, 0.3) is 0 Å². The number of nitrogens with one attached hydrogen (secondary N) is 1. The average molecular weight is 223 g/mol. The fraction of sp³-hybridized carbons (Fsp3) is 0.692. The molecule has 0 saturated heterocycles. The van der Waals surface area contributed by atoms with Crippen molar-refractivity contribution in [3.05, 3.63) is 22.4 Å². The van der Waals surface area contributed by atoms with Crippen molar-refractivity contribution < 1.29 is 0 Å². The van der Waals surface area contributed by atoms with Crippen molar-refractivity contribution >= 4 is 11.3 Å². The first-order valence-corrected chi connectivity index (χ1v) is 7.04. The minimum Gasteiger partial charge on any atom is -0.314 e. The van der Waals surface area contributed by atoms with Gasteiger partial charge in [-0.15, -0.1) is 11.3 Å². The van der Waals surface area contributed by atoms with Gasteiger partial charge in [-0.2, -0.15) is 0 Å². The number of rotatable bonds is 7. The third-order valence-corrected chi connectivity index (χ3v) is 4.07. The second-order valence-electron chi connectivity index (χ2n) is 4.52. The summed E-state index contributed by atoms with van der Waals surface area (Å²) >= 11 is 1.89. The SMILES string of the molecule is CCCNC(CCc1cccs1)C1CC1. The lowest BCUT2D eigenvalue weighted by Crippen LogP contribution is -2.32. The lowest BCUT2D eigenvalue weighted by molar-refractivity contribution is 0.437. The number of thiophene rings is 1. The van der Waals surface area contributed by atoms with Crippen LogP contribution in [0.3, 0.4) is 0 Å². The van der Waals surface area contributed by atoms with Gasteiger partial charge < -0.3 is 5.32 Å². The van der Waals surface area contributed by atoms with Crippen molar-refractivity contribution in [2.75, 3.05) is 6.54 Å². The lowest BCUT2D eigenvalue weighted by atomic mass is 10.1. The van der Waals surface area contributed by atoms with E-state index in [9.17, 15) is 0 Å². The van der Waals surface area contributed by atoms with Crippen LogP contribution in [0.2, 0.25) is 0 Å². The average Bonchev–Trinajstić information content (AvgIpc) is 2.95. The van der Waals surface area contributed by atoms with Gasteiger partial charge in [0.1, 0.15) is 0 Å². The van der Waals surface area contributed by atoms with Gasteiger partial charge in [-0.25, -0.2) is 0 Å². The van der Waals surface area contributed by atoms with Gasteiger partial charge in [0.2, 0.25) is 0 Å². The van der Waals surface area contributed by atoms with E-state index in [0.29, 0.717) is 0 Å². The zero-order chi connectivity index (χ0) is 10.5. The van der Waals surface area contributed by atoms with E-state index in [-0.39, 0.29) is 0 Å². The highest BCUT2D eigenvalue weighted by Gasteiger charge is 2.30. The van der Waals surface area contributed by atoms with Crippen LogP contribution in [-0.4, -0.2) is 12.6 Å². The molecule has 2 heteroatoms. The largest absolute Gasteiger partial charge is 0.314 e. The number of hydrogen-bond donors (Lipinski definition) is 1. The van der Waals surface area contributed by atoms with Crippen LogP contribution in [-0.2, 0) is 6.42 Å². The number of aryl methyl sites for hydroxylation is 1. The van der Waals surface area contributed by atoms with Gasteiger partial charge in [0.25, 0.3) is 0 Å². The van der Waals surface area contributed by atoms with E-state index in [1.807, 2.05) is 11.3 Å². The Labute approximate surface area is 96.9 Å². The van der Waals surface area contributed by atoms with E-state index in [0.717, 1.165) is 12.0 Å². The molecule has 1 aromatic rings. The van der Waals surface area contributed by atoms with Crippen LogP contribution in [0.5, 0.6) is 0 Å². The van der Waals surface area contributed by atoms with E-state index in [1.165, 1.54) is 38.6 Å². The van der Waals surface area contributed by atoms with Gasteiger partial charge in [-0.3, -0.25) is 0 Å². The molecule has 1 aromatic heterocycles. The van der Waals surface area contributed by atoms with Crippen LogP contribution >= 0.6 is 11.3 Å². The zero-order valence-corrected chi connectivity index (χ0v) is 10.4. The van der Waals surface area contributed by atoms with E-state index in [2.05, 4.69) is 29.8 Å². The summed E-state index contributed by atoms with van der Waals surface area (Å²) in [5.41, 5.74) is 0. The maximum atomic E-state index is 3.70. The molecule has 0 aromatic carbocycles. The lowest BCUT2D eigenvalue weighted by Gasteiger charge is -2.17. The molecule has 1 aliphatic rings. The molecule has 1 N–H and O–H groups in total. The highest BCUT2D eigenvalue weighted by atomic mass is 32.1. The van der Waals surface area contributed by atoms with Crippen LogP contribution in [0.1, 0.15) is 37.5 Å². The molecule has 0 aliphatic heterocycles. The smallest absolute Gasteiger partial charge is 0.00987 e. The van der Waals surface area contributed by atoms with Crippen molar-refractivity contribution in [2.45, 2.75) is 45.1 Å². The quantitative estimate of drug-likeness (QED) is 0.746. The van der Waals surface area contributed by atoms with Crippen molar-refractivity contribution in [3.8, 4) is 0 Å². The zero-order valence-electron chi connectivity index (χ0n) is 9.54. The minimum absolute atomic E-state index is 0.784. The Morgan fingerprint density at radius 1 is 1.53 bits per heavy atom. The molecule has 0 amide bonds. The molecule has 1 aliphatic carbocycles. The summed E-state index contributed by atoms with van der Waals surface area (Å²) in [6.07, 6.45) is 6.74. The standard InChI is InChI=1S/C13H21NS/c1-2-9-14-13(11-5-6-11)8-7-12-4-3-10-15-12/h3-4,10-11,13-14H,2,5-9H2,1H3. The first-order chi connectivity index (χ1) is 7.40. The molecule has 1 fully saturated rings. The van der Waals surface area contributed by atoms with E-state index >= 15 is 0 Å². The molecule has 84 valence electrons. The maximum Gasteiger partial charge on any atom is 0.00987 e. The Morgan fingerprint density at radius 3 is 3.00 bits per heavy atom. The molecular weight excluding hydrogens is 202 g/mol. The summed E-state index contributed by atoms with van der Waals surface area (Å²) in [6.45, 7) is 3.43. The van der Waals surface area contributed by atoms with Crippen LogP contribution in [0, 0.1) is 5.92 Å². The second-order valence-corrected chi connectivity index (χ2v) is 5.55. The van der Waals surface area contributed by atoms with Crippen LogP contribution in [0.4, 0.5) is 0 Å². The first-order valence-electron chi connectivity index (χ1n) is 6.16. The third kappa shape index (κ3) is 3.62. The molecule has 1 unspecified atom stereocenters. The summed E-state index contributed by atoms with van der Waals surface area (Å²) in [6, 6.07) is 5.20. The predicted molar refractivity (Wildman–Crippen MR) is 67.4 cm³/mol. The Kier molecular flexibility index (Phi) is 4.21. The molecule has 1 nitrogen and oxygen atoms in total. The molecule has 0 spiro atoms. The highest BCUT2D eigenvalue weighted by molar-refractivity contribution is 7.09. The van der Waals surface area contributed by atoms with Crippen molar-refractivity contribution in [2.24, 2.45) is 5.92 Å². The van der Waals surface area contributed by atoms with E-state index in [1.54, 1.807) is 4.88 Å². The molecule has 1 saturated carbocycles. The fourth-order valence-corrected chi connectivity index (χ4v) is 2.81. The molecule has 2 rings (SSSR count). The van der Waals surface area contributed by atoms with Gasteiger partial charge >= 0.3 is 0 Å². The summed E-state index contributed by atoms with van der Waals surface area (Å²) in [7, 11) is 0. The maximum absolute atomic E-state index is 3.70. The van der Waals surface area contributed by atoms with Gasteiger partial charge in [0, 0.05) is 10.9 Å². The summed E-state index contributed by atoms with van der Waals surface area (Å²) < 4.78 is 0. The third-order valence-electron chi connectivity index (χ3n) is 3.13. The monoisotopic (exact) mass is 223 g/mol. The van der Waals surface area contributed by atoms with Crippen molar-refractivity contribution in [1.82, 2.24) is 5.32 Å².